The first-order chi connectivity index (χ1) is 12.4. The summed E-state index contributed by atoms with van der Waals surface area (Å²) < 4.78 is 32.3. The molecule has 1 aromatic carbocycles. The first kappa shape index (κ1) is 19.0. The number of ether oxygens (including phenoxy) is 1. The Morgan fingerprint density at radius 3 is 2.65 bits per heavy atom. The van der Waals surface area contributed by atoms with Crippen LogP contribution in [-0.2, 0) is 14.8 Å². The number of amides is 1. The molecule has 1 fully saturated rings. The van der Waals surface area contributed by atoms with E-state index in [0.717, 1.165) is 10.4 Å². The summed E-state index contributed by atoms with van der Waals surface area (Å²) in [5.41, 5.74) is 1.12. The molecule has 2 aromatic rings. The number of thiophene rings is 1. The summed E-state index contributed by atoms with van der Waals surface area (Å²) in [6.07, 6.45) is 0. The molecule has 0 unspecified atom stereocenters. The molecule has 0 bridgehead atoms. The first-order valence-corrected chi connectivity index (χ1v) is 10.7. The van der Waals surface area contributed by atoms with Crippen molar-refractivity contribution >= 4 is 27.3 Å². The number of hydrogen-bond acceptors (Lipinski definition) is 5. The van der Waals surface area contributed by atoms with E-state index >= 15 is 0 Å². The number of aryl methyl sites for hydroxylation is 1. The number of sulfonamides is 1. The zero-order chi connectivity index (χ0) is 18.7. The van der Waals surface area contributed by atoms with Gasteiger partial charge in [0.05, 0.1) is 24.2 Å². The standard InChI is InChI=1S/C18H22N2O4S2/c1-13-5-6-15(26(22,23)20-7-9-24-10-8-20)12-16(13)18(21)19-14(2)17-4-3-11-25-17/h3-6,11-12,14H,7-10H2,1-2H3,(H,19,21)/t14-/m1/s1. The average Bonchev–Trinajstić information content (AvgIpc) is 3.17. The van der Waals surface area contributed by atoms with Crippen molar-refractivity contribution in [2.24, 2.45) is 0 Å². The molecule has 140 valence electrons. The van der Waals surface area contributed by atoms with Gasteiger partial charge in [-0.05, 0) is 43.0 Å². The van der Waals surface area contributed by atoms with E-state index in [1.807, 2.05) is 24.4 Å². The molecule has 0 radical (unpaired) electrons. The van der Waals surface area contributed by atoms with Crippen LogP contribution in [0.4, 0.5) is 0 Å². The molecule has 0 spiro atoms. The predicted molar refractivity (Wildman–Crippen MR) is 101 cm³/mol. The van der Waals surface area contributed by atoms with Crippen molar-refractivity contribution in [2.45, 2.75) is 24.8 Å². The highest BCUT2D eigenvalue weighted by atomic mass is 32.2. The van der Waals surface area contributed by atoms with Crippen LogP contribution < -0.4 is 5.32 Å². The van der Waals surface area contributed by atoms with Gasteiger partial charge >= 0.3 is 0 Å². The lowest BCUT2D eigenvalue weighted by Gasteiger charge is -2.26. The van der Waals surface area contributed by atoms with E-state index in [-0.39, 0.29) is 16.8 Å². The van der Waals surface area contributed by atoms with Crippen molar-refractivity contribution in [1.29, 1.82) is 0 Å². The van der Waals surface area contributed by atoms with Gasteiger partial charge in [0.15, 0.2) is 0 Å². The summed E-state index contributed by atoms with van der Waals surface area (Å²) in [7, 11) is -3.63. The average molecular weight is 395 g/mol. The fraction of sp³-hybridized carbons (Fsp3) is 0.389. The highest BCUT2D eigenvalue weighted by molar-refractivity contribution is 7.89. The van der Waals surface area contributed by atoms with E-state index in [0.29, 0.717) is 31.9 Å². The van der Waals surface area contributed by atoms with E-state index in [1.165, 1.54) is 10.4 Å². The number of carbonyl (C=O) groups is 1. The molecule has 1 saturated heterocycles. The van der Waals surface area contributed by atoms with Crippen LogP contribution in [0.1, 0.15) is 33.8 Å². The smallest absolute Gasteiger partial charge is 0.252 e. The normalized spacial score (nSPS) is 17.0. The quantitative estimate of drug-likeness (QED) is 0.846. The van der Waals surface area contributed by atoms with Gasteiger partial charge in [0.1, 0.15) is 0 Å². The monoisotopic (exact) mass is 394 g/mol. The molecule has 0 saturated carbocycles. The summed E-state index contributed by atoms with van der Waals surface area (Å²) in [6.45, 7) is 5.14. The van der Waals surface area contributed by atoms with Gasteiger partial charge in [0.25, 0.3) is 5.91 Å². The minimum Gasteiger partial charge on any atom is -0.379 e. The van der Waals surface area contributed by atoms with Crippen molar-refractivity contribution in [2.75, 3.05) is 26.3 Å². The number of hydrogen-bond donors (Lipinski definition) is 1. The Labute approximate surface area is 157 Å². The Balaban J connectivity index is 1.84. The van der Waals surface area contributed by atoms with Gasteiger partial charge in [0.2, 0.25) is 10.0 Å². The molecule has 3 rings (SSSR count). The maximum absolute atomic E-state index is 12.8. The molecular formula is C18H22N2O4S2. The number of nitrogens with zero attached hydrogens (tertiary/aromatic N) is 1. The predicted octanol–water partition coefficient (Wildman–Crippen LogP) is 2.57. The second kappa shape index (κ2) is 7.87. The lowest BCUT2D eigenvalue weighted by atomic mass is 10.1. The van der Waals surface area contributed by atoms with Crippen LogP contribution in [0.3, 0.4) is 0 Å². The lowest BCUT2D eigenvalue weighted by Crippen LogP contribution is -2.40. The van der Waals surface area contributed by atoms with Gasteiger partial charge in [0, 0.05) is 23.5 Å². The van der Waals surface area contributed by atoms with Gasteiger partial charge in [-0.3, -0.25) is 4.79 Å². The SMILES string of the molecule is Cc1ccc(S(=O)(=O)N2CCOCC2)cc1C(=O)N[C@H](C)c1cccs1. The van der Waals surface area contributed by atoms with Crippen LogP contribution in [0.25, 0.3) is 0 Å². The summed E-state index contributed by atoms with van der Waals surface area (Å²) >= 11 is 1.57. The van der Waals surface area contributed by atoms with E-state index in [4.69, 9.17) is 4.74 Å². The van der Waals surface area contributed by atoms with Gasteiger partial charge in [-0.2, -0.15) is 4.31 Å². The number of benzene rings is 1. The number of carbonyl (C=O) groups excluding carboxylic acids is 1. The molecule has 1 aromatic heterocycles. The fourth-order valence-corrected chi connectivity index (χ4v) is 4.99. The molecule has 8 heteroatoms. The Bertz CT molecular complexity index is 873. The van der Waals surface area contributed by atoms with Crippen LogP contribution in [0.15, 0.2) is 40.6 Å². The van der Waals surface area contributed by atoms with Crippen molar-refractivity contribution in [1.82, 2.24) is 9.62 Å². The van der Waals surface area contributed by atoms with E-state index in [1.54, 1.807) is 30.4 Å². The summed E-state index contributed by atoms with van der Waals surface area (Å²) in [6, 6.07) is 8.46. The Kier molecular flexibility index (Phi) is 5.76. The third kappa shape index (κ3) is 3.98. The maximum Gasteiger partial charge on any atom is 0.252 e. The Hall–Kier alpha value is -1.74. The number of morpholine rings is 1. The van der Waals surface area contributed by atoms with Gasteiger partial charge in [-0.25, -0.2) is 8.42 Å². The summed E-state index contributed by atoms with van der Waals surface area (Å²) in [5, 5.41) is 4.90. The fourth-order valence-electron chi connectivity index (χ4n) is 2.83. The number of rotatable bonds is 5. The van der Waals surface area contributed by atoms with Crippen LogP contribution in [0.5, 0.6) is 0 Å². The number of nitrogens with one attached hydrogen (secondary N) is 1. The van der Waals surface area contributed by atoms with Crippen molar-refractivity contribution in [3.8, 4) is 0 Å². The van der Waals surface area contributed by atoms with E-state index in [9.17, 15) is 13.2 Å². The molecule has 26 heavy (non-hydrogen) atoms. The Morgan fingerprint density at radius 2 is 2.00 bits per heavy atom. The molecule has 6 nitrogen and oxygen atoms in total. The summed E-state index contributed by atoms with van der Waals surface area (Å²) in [5.74, 6) is -0.276. The van der Waals surface area contributed by atoms with Gasteiger partial charge < -0.3 is 10.1 Å². The van der Waals surface area contributed by atoms with E-state index < -0.39 is 10.0 Å². The van der Waals surface area contributed by atoms with Crippen LogP contribution >= 0.6 is 11.3 Å². The molecule has 0 aliphatic carbocycles. The summed E-state index contributed by atoms with van der Waals surface area (Å²) in [4.78, 5) is 13.9. The molecule has 1 amide bonds. The van der Waals surface area contributed by atoms with Crippen molar-refractivity contribution in [3.63, 3.8) is 0 Å². The third-order valence-electron chi connectivity index (χ3n) is 4.38. The molecule has 1 atom stereocenters. The second-order valence-corrected chi connectivity index (χ2v) is 9.12. The van der Waals surface area contributed by atoms with Crippen molar-refractivity contribution < 1.29 is 17.9 Å². The van der Waals surface area contributed by atoms with Crippen molar-refractivity contribution in [3.05, 3.63) is 51.7 Å². The molecule has 1 aliphatic rings. The second-order valence-electron chi connectivity index (χ2n) is 6.20. The molecular weight excluding hydrogens is 372 g/mol. The zero-order valence-electron chi connectivity index (χ0n) is 14.8. The van der Waals surface area contributed by atoms with Crippen LogP contribution in [-0.4, -0.2) is 44.9 Å². The molecule has 1 N–H and O–H groups in total. The van der Waals surface area contributed by atoms with Gasteiger partial charge in [-0.1, -0.05) is 12.1 Å². The van der Waals surface area contributed by atoms with Crippen LogP contribution in [0, 0.1) is 6.92 Å². The maximum atomic E-state index is 12.8. The largest absolute Gasteiger partial charge is 0.379 e. The molecule has 2 heterocycles. The van der Waals surface area contributed by atoms with E-state index in [2.05, 4.69) is 5.32 Å². The highest BCUT2D eigenvalue weighted by Gasteiger charge is 2.27. The third-order valence-corrected chi connectivity index (χ3v) is 7.33. The highest BCUT2D eigenvalue weighted by Crippen LogP contribution is 2.22. The molecule has 1 aliphatic heterocycles. The first-order valence-electron chi connectivity index (χ1n) is 8.42. The Morgan fingerprint density at radius 1 is 1.27 bits per heavy atom. The topological polar surface area (TPSA) is 75.7 Å². The minimum absolute atomic E-state index is 0.138. The van der Waals surface area contributed by atoms with Gasteiger partial charge in [-0.15, -0.1) is 11.3 Å². The zero-order valence-corrected chi connectivity index (χ0v) is 16.4. The minimum atomic E-state index is -3.63. The lowest BCUT2D eigenvalue weighted by molar-refractivity contribution is 0.0730. The van der Waals surface area contributed by atoms with Crippen LogP contribution in [0.2, 0.25) is 0 Å².